The van der Waals surface area contributed by atoms with E-state index in [1.54, 1.807) is 0 Å². The van der Waals surface area contributed by atoms with E-state index in [4.69, 9.17) is 19.9 Å². The van der Waals surface area contributed by atoms with E-state index in [0.29, 0.717) is 0 Å². The van der Waals surface area contributed by atoms with Crippen LogP contribution in [0.1, 0.15) is 11.1 Å². The first-order chi connectivity index (χ1) is 27.6. The van der Waals surface area contributed by atoms with Gasteiger partial charge in [-0.3, -0.25) is 0 Å². The lowest BCUT2D eigenvalue weighted by atomic mass is 9.96. The van der Waals surface area contributed by atoms with Gasteiger partial charge in [0.1, 0.15) is 0 Å². The van der Waals surface area contributed by atoms with E-state index in [2.05, 4.69) is 184 Å². The Labute approximate surface area is 323 Å². The summed E-state index contributed by atoms with van der Waals surface area (Å²) in [6.07, 6.45) is 0. The molecule has 262 valence electrons. The minimum Gasteiger partial charge on any atom is -0.245 e. The highest BCUT2D eigenvalue weighted by Gasteiger charge is 2.15. The summed E-state index contributed by atoms with van der Waals surface area (Å²) in [6.45, 7) is 4.32. The molecule has 0 saturated carbocycles. The van der Waals surface area contributed by atoms with Gasteiger partial charge in [0.15, 0.2) is 0 Å². The van der Waals surface area contributed by atoms with Crippen molar-refractivity contribution in [2.24, 2.45) is 0 Å². The molecule has 0 fully saturated rings. The number of fused-ring (bicyclic) bond motifs is 8. The maximum Gasteiger partial charge on any atom is 0.0972 e. The fourth-order valence-electron chi connectivity index (χ4n) is 8.39. The Morgan fingerprint density at radius 1 is 0.268 bits per heavy atom. The van der Waals surface area contributed by atoms with Crippen molar-refractivity contribution in [3.05, 3.63) is 181 Å². The highest BCUT2D eigenvalue weighted by molar-refractivity contribution is 6.07. The normalized spacial score (nSPS) is 11.8. The van der Waals surface area contributed by atoms with Crippen molar-refractivity contribution in [2.75, 3.05) is 0 Å². The van der Waals surface area contributed by atoms with Crippen LogP contribution in [-0.4, -0.2) is 19.9 Å². The molecule has 4 heteroatoms. The molecular weight excluding hydrogens is 681 g/mol. The molecule has 0 amide bonds. The number of benzene rings is 7. The Balaban J connectivity index is 0.977. The minimum absolute atomic E-state index is 0.900. The summed E-state index contributed by atoms with van der Waals surface area (Å²) in [5.74, 6) is 0. The van der Waals surface area contributed by atoms with E-state index >= 15 is 0 Å². The maximum absolute atomic E-state index is 5.28. The SMILES string of the molecule is Cc1ccc2ccccc2c1-c1ccc2ccc3ccc(-c4ccc(-c5ccc6ccc7ccc(-c8c(C)ccc9ccccc89)nc7c6n5)cc4)nc3c2n1. The van der Waals surface area contributed by atoms with Crippen LogP contribution >= 0.6 is 0 Å². The third kappa shape index (κ3) is 5.22. The van der Waals surface area contributed by atoms with Crippen LogP contribution in [0.5, 0.6) is 0 Å². The second-order valence-corrected chi connectivity index (χ2v) is 14.7. The highest BCUT2D eigenvalue weighted by atomic mass is 14.8. The minimum atomic E-state index is 0.900. The summed E-state index contributed by atoms with van der Waals surface area (Å²) in [5, 5.41) is 9.11. The summed E-state index contributed by atoms with van der Waals surface area (Å²) >= 11 is 0. The quantitative estimate of drug-likeness (QED) is 0.170. The molecule has 56 heavy (non-hydrogen) atoms. The predicted octanol–water partition coefficient (Wildman–Crippen LogP) is 13.5. The molecule has 0 spiro atoms. The topological polar surface area (TPSA) is 51.6 Å². The zero-order valence-corrected chi connectivity index (χ0v) is 31.0. The zero-order chi connectivity index (χ0) is 37.3. The first kappa shape index (κ1) is 32.2. The number of nitrogens with zero attached hydrogens (tertiary/aromatic N) is 4. The van der Waals surface area contributed by atoms with Crippen LogP contribution in [0, 0.1) is 13.8 Å². The van der Waals surface area contributed by atoms with Crippen molar-refractivity contribution >= 4 is 65.2 Å². The number of pyridine rings is 4. The molecule has 0 unspecified atom stereocenters. The summed E-state index contributed by atoms with van der Waals surface area (Å²) < 4.78 is 0. The molecule has 4 nitrogen and oxygen atoms in total. The van der Waals surface area contributed by atoms with E-state index < -0.39 is 0 Å². The highest BCUT2D eigenvalue weighted by Crippen LogP contribution is 2.36. The van der Waals surface area contributed by atoms with Gasteiger partial charge in [-0.05, 0) is 70.8 Å². The fourth-order valence-corrected chi connectivity index (χ4v) is 8.39. The van der Waals surface area contributed by atoms with Crippen LogP contribution in [0.3, 0.4) is 0 Å². The summed E-state index contributed by atoms with van der Waals surface area (Å²) in [6, 6.07) is 60.0. The van der Waals surface area contributed by atoms with Gasteiger partial charge in [-0.1, -0.05) is 146 Å². The molecule has 4 heterocycles. The predicted molar refractivity (Wildman–Crippen MR) is 234 cm³/mol. The third-order valence-corrected chi connectivity index (χ3v) is 11.3. The van der Waals surface area contributed by atoms with Crippen LogP contribution in [0.4, 0.5) is 0 Å². The van der Waals surface area contributed by atoms with E-state index in [-0.39, 0.29) is 0 Å². The lowest BCUT2D eigenvalue weighted by molar-refractivity contribution is 1.35. The number of hydrogen-bond donors (Lipinski definition) is 0. The summed E-state index contributed by atoms with van der Waals surface area (Å²) in [4.78, 5) is 21.1. The molecule has 0 radical (unpaired) electrons. The van der Waals surface area contributed by atoms with E-state index in [9.17, 15) is 0 Å². The Bertz CT molecular complexity index is 3160. The average molecular weight is 715 g/mol. The molecule has 11 aromatic rings. The van der Waals surface area contributed by atoms with Crippen molar-refractivity contribution in [3.63, 3.8) is 0 Å². The van der Waals surface area contributed by atoms with Crippen LogP contribution in [0.2, 0.25) is 0 Å². The molecule has 0 aliphatic heterocycles. The lowest BCUT2D eigenvalue weighted by Crippen LogP contribution is -1.93. The van der Waals surface area contributed by atoms with Gasteiger partial charge in [0, 0.05) is 43.8 Å². The maximum atomic E-state index is 5.28. The summed E-state index contributed by atoms with van der Waals surface area (Å²) in [5.41, 5.74) is 14.2. The van der Waals surface area contributed by atoms with Crippen molar-refractivity contribution in [2.45, 2.75) is 13.8 Å². The van der Waals surface area contributed by atoms with Crippen LogP contribution in [-0.2, 0) is 0 Å². The molecular formula is C52H34N4. The molecule has 0 bridgehead atoms. The second kappa shape index (κ2) is 12.6. The van der Waals surface area contributed by atoms with E-state index in [1.165, 1.54) is 43.8 Å². The molecule has 7 aromatic carbocycles. The van der Waals surface area contributed by atoms with E-state index in [0.717, 1.165) is 77.5 Å². The third-order valence-electron chi connectivity index (χ3n) is 11.3. The second-order valence-electron chi connectivity index (χ2n) is 14.7. The van der Waals surface area contributed by atoms with Crippen LogP contribution < -0.4 is 0 Å². The molecule has 0 aliphatic rings. The fraction of sp³-hybridized carbons (Fsp3) is 0.0385. The van der Waals surface area contributed by atoms with Crippen molar-refractivity contribution < 1.29 is 0 Å². The van der Waals surface area contributed by atoms with Crippen LogP contribution in [0.25, 0.3) is 110 Å². The average Bonchev–Trinajstić information content (AvgIpc) is 3.25. The monoisotopic (exact) mass is 714 g/mol. The van der Waals surface area contributed by atoms with Gasteiger partial charge in [-0.15, -0.1) is 0 Å². The number of rotatable bonds is 4. The smallest absolute Gasteiger partial charge is 0.0972 e. The molecule has 0 aliphatic carbocycles. The Morgan fingerprint density at radius 2 is 0.571 bits per heavy atom. The summed E-state index contributed by atoms with van der Waals surface area (Å²) in [7, 11) is 0. The van der Waals surface area contributed by atoms with Gasteiger partial charge in [0.2, 0.25) is 0 Å². The first-order valence-electron chi connectivity index (χ1n) is 19.1. The van der Waals surface area contributed by atoms with Gasteiger partial charge in [-0.25, -0.2) is 19.9 Å². The Morgan fingerprint density at radius 3 is 0.964 bits per heavy atom. The van der Waals surface area contributed by atoms with Crippen LogP contribution in [0.15, 0.2) is 170 Å². The largest absolute Gasteiger partial charge is 0.245 e. The van der Waals surface area contributed by atoms with Gasteiger partial charge >= 0.3 is 0 Å². The van der Waals surface area contributed by atoms with Crippen molar-refractivity contribution in [1.29, 1.82) is 0 Å². The molecule has 0 N–H and O–H groups in total. The molecule has 0 atom stereocenters. The first-order valence-corrected chi connectivity index (χ1v) is 19.1. The van der Waals surface area contributed by atoms with Gasteiger partial charge in [-0.2, -0.15) is 0 Å². The van der Waals surface area contributed by atoms with E-state index in [1.807, 2.05) is 0 Å². The standard InChI is InChI=1S/C52H34N4/c1-31-11-13-33-7-3-5-9-41(33)47(31)45-29-25-39-21-19-37-23-27-43(53-49(37)51(39)55-45)35-15-17-36(18-16-35)44-28-24-38-20-22-40-26-30-46(56-52(40)50(38)54-44)48-32(2)12-14-34-8-4-6-10-42(34)48/h3-30H,1-2H3. The van der Waals surface area contributed by atoms with Gasteiger partial charge in [0.25, 0.3) is 0 Å². The number of aromatic nitrogens is 4. The number of hydrogen-bond acceptors (Lipinski definition) is 4. The zero-order valence-electron chi connectivity index (χ0n) is 31.0. The van der Waals surface area contributed by atoms with Crippen molar-refractivity contribution in [3.8, 4) is 45.0 Å². The Kier molecular flexibility index (Phi) is 7.26. The van der Waals surface area contributed by atoms with Gasteiger partial charge in [0.05, 0.1) is 44.8 Å². The molecule has 4 aromatic heterocycles. The molecule has 0 saturated heterocycles. The van der Waals surface area contributed by atoms with Gasteiger partial charge < -0.3 is 0 Å². The van der Waals surface area contributed by atoms with Crippen molar-refractivity contribution in [1.82, 2.24) is 19.9 Å². The lowest BCUT2D eigenvalue weighted by Gasteiger charge is -2.12. The number of aryl methyl sites for hydroxylation is 2. The Hall–Kier alpha value is -7.30. The molecule has 11 rings (SSSR count).